The number of fused-ring (bicyclic) bond motifs is 30. The zero-order chi connectivity index (χ0) is 85.0. The van der Waals surface area contributed by atoms with Crippen molar-refractivity contribution in [3.63, 3.8) is 0 Å². The fraction of sp³-hybridized carbons (Fsp3) is 0.0420. The van der Waals surface area contributed by atoms with Crippen LogP contribution in [0.1, 0.15) is 36.1 Å². The lowest BCUT2D eigenvalue weighted by Gasteiger charge is -2.23. The summed E-state index contributed by atoms with van der Waals surface area (Å²) in [6.07, 6.45) is 10.7. The van der Waals surface area contributed by atoms with Gasteiger partial charge < -0.3 is 13.3 Å². The third-order valence-corrected chi connectivity index (χ3v) is 26.8. The summed E-state index contributed by atoms with van der Waals surface area (Å²) in [7, 11) is 0. The molecule has 6 aromatic heterocycles. The van der Waals surface area contributed by atoms with Gasteiger partial charge in [0.05, 0.1) is 33.1 Å². The molecule has 0 spiro atoms. The molecule has 0 atom stereocenters. The number of aryl methyl sites for hydroxylation is 2. The summed E-state index contributed by atoms with van der Waals surface area (Å²) >= 11 is 0. The fourth-order valence-corrected chi connectivity index (χ4v) is 20.6. The lowest BCUT2D eigenvalue weighted by molar-refractivity contribution is 0.661. The molecule has 0 N–H and O–H groups in total. The van der Waals surface area contributed by atoms with Gasteiger partial charge in [-0.25, -0.2) is 0 Å². The number of aromatic nitrogens is 6. The van der Waals surface area contributed by atoms with Crippen molar-refractivity contribution < 1.29 is 13.3 Å². The van der Waals surface area contributed by atoms with Crippen LogP contribution in [-0.4, -0.2) is 29.9 Å². The van der Waals surface area contributed by atoms with Crippen molar-refractivity contribution in [3.05, 3.63) is 411 Å². The van der Waals surface area contributed by atoms with Gasteiger partial charge in [0.15, 0.2) is 0 Å². The summed E-state index contributed by atoms with van der Waals surface area (Å²) in [6.45, 7) is 9.13. The lowest BCUT2D eigenvalue weighted by Crippen LogP contribution is -2.15. The first-order valence-corrected chi connectivity index (χ1v) is 43.5. The minimum Gasteiger partial charge on any atom is -0.456 e. The highest BCUT2D eigenvalue weighted by Crippen LogP contribution is 2.53. The molecule has 0 saturated heterocycles. The highest BCUT2D eigenvalue weighted by Gasteiger charge is 2.36. The van der Waals surface area contributed by atoms with E-state index < -0.39 is 0 Å². The molecule has 0 amide bonds. The standard InChI is InChI=1S/C43H28N2O.C40H24N2O.C36H24N2O/c1-43(2)37-23-27(25-13-17-34-35(21-25)29-7-3-4-9-33(29)41-42(34)45-20-19-44-41)11-15-30(37)31-16-12-28(24-38(31)43)26-14-18-40-36(22-26)32-8-5-6-10-39(32)46-40;1-3-11-29(30-12-4-2-10-28(30)26-18-20-38-36(24-26)32-14-7-8-16-37(32)43-38)27(9-1)25-17-19-34-35(23-25)31-13-5-6-15-33(31)39-40(34)42-22-21-41-39;1-21-18-30(24-12-14-34-32(20-24)26-8-5-6-10-33(26)39-34)22(2)17-29(21)23-11-13-28-31(19-23)25-7-3-4-9-27(25)35-36(28)38-16-15-37-35/h3-24H,1-2H3;1-24H;3-20H,1-2H3. The normalized spacial score (nSPS) is 12.4. The zero-order valence-corrected chi connectivity index (χ0v) is 70.4. The molecule has 1 aliphatic carbocycles. The van der Waals surface area contributed by atoms with Crippen LogP contribution in [0.2, 0.25) is 0 Å². The van der Waals surface area contributed by atoms with Gasteiger partial charge in [0, 0.05) is 107 Å². The van der Waals surface area contributed by atoms with E-state index in [1.807, 2.05) is 36.4 Å². The van der Waals surface area contributed by atoms with Gasteiger partial charge in [0.1, 0.15) is 33.5 Å². The second-order valence-electron chi connectivity index (χ2n) is 34.3. The first kappa shape index (κ1) is 74.0. The van der Waals surface area contributed by atoms with E-state index >= 15 is 0 Å². The van der Waals surface area contributed by atoms with Gasteiger partial charge in [-0.2, -0.15) is 0 Å². The summed E-state index contributed by atoms with van der Waals surface area (Å²) in [5.74, 6) is 0. The molecule has 27 rings (SSSR count). The molecule has 20 aromatic carbocycles. The Morgan fingerprint density at radius 2 is 0.406 bits per heavy atom. The number of hydrogen-bond donors (Lipinski definition) is 0. The molecule has 0 radical (unpaired) electrons. The number of furan rings is 3. The second kappa shape index (κ2) is 29.3. The minimum atomic E-state index is -0.140. The van der Waals surface area contributed by atoms with E-state index in [0.29, 0.717) is 0 Å². The number of hydrogen-bond acceptors (Lipinski definition) is 9. The first-order valence-electron chi connectivity index (χ1n) is 43.5. The number of nitrogens with zero attached hydrogens (tertiary/aromatic N) is 6. The fourth-order valence-electron chi connectivity index (χ4n) is 20.6. The molecular formula is C119H76N6O3. The van der Waals surface area contributed by atoms with Gasteiger partial charge in [-0.15, -0.1) is 0 Å². The van der Waals surface area contributed by atoms with Crippen molar-refractivity contribution in [1.29, 1.82) is 0 Å². The number of benzene rings is 20. The Balaban J connectivity index is 0.000000105. The summed E-state index contributed by atoms with van der Waals surface area (Å²) in [4.78, 5) is 28.2. The van der Waals surface area contributed by atoms with Gasteiger partial charge in [-0.05, 0) is 242 Å². The van der Waals surface area contributed by atoms with Crippen molar-refractivity contribution in [2.24, 2.45) is 0 Å². The number of rotatable bonds is 7. The Labute approximate surface area is 735 Å². The van der Waals surface area contributed by atoms with E-state index in [-0.39, 0.29) is 5.41 Å². The number of para-hydroxylation sites is 3. The highest BCUT2D eigenvalue weighted by molar-refractivity contribution is 6.27. The Hall–Kier alpha value is -16.6. The second-order valence-corrected chi connectivity index (χ2v) is 34.3. The minimum absolute atomic E-state index is 0.140. The Morgan fingerprint density at radius 3 is 0.766 bits per heavy atom. The molecule has 0 unspecified atom stereocenters. The zero-order valence-electron chi connectivity index (χ0n) is 70.4. The van der Waals surface area contributed by atoms with E-state index in [9.17, 15) is 0 Å². The predicted octanol–water partition coefficient (Wildman–Crippen LogP) is 32.1. The van der Waals surface area contributed by atoms with Gasteiger partial charge >= 0.3 is 0 Å². The smallest absolute Gasteiger partial charge is 0.135 e. The highest BCUT2D eigenvalue weighted by atomic mass is 16.3. The van der Waals surface area contributed by atoms with E-state index in [2.05, 4.69) is 348 Å². The average Bonchev–Trinajstić information content (AvgIpc) is 1.57. The molecule has 26 aromatic rings. The van der Waals surface area contributed by atoms with Crippen LogP contribution in [0.25, 0.3) is 253 Å². The summed E-state index contributed by atoms with van der Waals surface area (Å²) < 4.78 is 18.3. The predicted molar refractivity (Wildman–Crippen MR) is 531 cm³/mol. The van der Waals surface area contributed by atoms with Crippen LogP contribution in [0.15, 0.2) is 402 Å². The average molecular weight is 1640 g/mol. The van der Waals surface area contributed by atoms with Gasteiger partial charge in [0.2, 0.25) is 0 Å². The third-order valence-electron chi connectivity index (χ3n) is 26.8. The van der Waals surface area contributed by atoms with E-state index in [0.717, 1.165) is 131 Å². The molecule has 1 aliphatic rings. The van der Waals surface area contributed by atoms with Crippen molar-refractivity contribution in [1.82, 2.24) is 29.9 Å². The van der Waals surface area contributed by atoms with Crippen LogP contribution in [-0.2, 0) is 5.41 Å². The molecule has 0 fully saturated rings. The Bertz CT molecular complexity index is 9080. The van der Waals surface area contributed by atoms with Gasteiger partial charge in [0.25, 0.3) is 0 Å². The largest absolute Gasteiger partial charge is 0.456 e. The molecule has 600 valence electrons. The monoisotopic (exact) mass is 1640 g/mol. The van der Waals surface area contributed by atoms with Crippen LogP contribution >= 0.6 is 0 Å². The maximum absolute atomic E-state index is 6.12. The SMILES string of the molecule is CC1(C)c2cc(-c3ccc4oc5ccccc5c4c3)ccc2-c2ccc(-c3ccc4c(c3)c3ccccc3c3nccnc43)cc21.Cc1cc(-c2ccc3c(c2)c2ccccc2c2nccnc32)c(C)cc1-c1ccc2oc3ccccc3c2c1.c1ccc(-c2ccccc2-c2ccc3c(c2)c2ccccc2c2nccnc32)c(-c2ccc3oc4ccccc4c3c2)c1. The quantitative estimate of drug-likeness (QED) is 0.144. The maximum Gasteiger partial charge on any atom is 0.135 e. The van der Waals surface area contributed by atoms with Crippen molar-refractivity contribution in [2.45, 2.75) is 33.1 Å². The van der Waals surface area contributed by atoms with E-state index in [1.54, 1.807) is 37.2 Å². The first-order chi connectivity index (χ1) is 63.0. The Kier molecular flexibility index (Phi) is 16.9. The van der Waals surface area contributed by atoms with Gasteiger partial charge in [-0.1, -0.05) is 281 Å². The van der Waals surface area contributed by atoms with E-state index in [4.69, 9.17) is 38.2 Å². The van der Waals surface area contributed by atoms with E-state index in [1.165, 1.54) is 144 Å². The van der Waals surface area contributed by atoms with Crippen LogP contribution in [0.5, 0.6) is 0 Å². The summed E-state index contributed by atoms with van der Waals surface area (Å²) in [5, 5.41) is 20.8. The van der Waals surface area contributed by atoms with Crippen molar-refractivity contribution in [3.8, 4) is 89.0 Å². The topological polar surface area (TPSA) is 117 Å². The van der Waals surface area contributed by atoms with Crippen LogP contribution in [0.3, 0.4) is 0 Å². The lowest BCUT2D eigenvalue weighted by atomic mass is 9.80. The van der Waals surface area contributed by atoms with Crippen LogP contribution < -0.4 is 0 Å². The van der Waals surface area contributed by atoms with Crippen molar-refractivity contribution >= 4 is 164 Å². The molecule has 6 heterocycles. The molecule has 0 saturated carbocycles. The Morgan fingerprint density at radius 1 is 0.172 bits per heavy atom. The maximum atomic E-state index is 6.12. The van der Waals surface area contributed by atoms with Gasteiger partial charge in [-0.3, -0.25) is 29.9 Å². The third kappa shape index (κ3) is 11.9. The molecule has 0 bridgehead atoms. The summed E-state index contributed by atoms with van der Waals surface area (Å²) in [5.41, 5.74) is 35.8. The molecule has 9 heteroatoms. The summed E-state index contributed by atoms with van der Waals surface area (Å²) in [6, 6.07) is 126. The molecule has 9 nitrogen and oxygen atoms in total. The molecule has 0 aliphatic heterocycles. The van der Waals surface area contributed by atoms with Crippen LogP contribution in [0, 0.1) is 13.8 Å². The molecular weight excluding hydrogens is 1560 g/mol. The molecule has 128 heavy (non-hydrogen) atoms. The van der Waals surface area contributed by atoms with Crippen LogP contribution in [0.4, 0.5) is 0 Å². The van der Waals surface area contributed by atoms with Crippen molar-refractivity contribution in [2.75, 3.05) is 0 Å².